The standard InChI is InChI=1S/C10H16N2/c11-7-10(4-5-10)8-12-6-9-2-1-3-9/h9,12H,1-6,8H2. The summed E-state index contributed by atoms with van der Waals surface area (Å²) >= 11 is 0. The average molecular weight is 164 g/mol. The molecule has 0 aromatic heterocycles. The summed E-state index contributed by atoms with van der Waals surface area (Å²) in [4.78, 5) is 0. The highest BCUT2D eigenvalue weighted by Crippen LogP contribution is 2.44. The van der Waals surface area contributed by atoms with Crippen molar-refractivity contribution in [3.05, 3.63) is 0 Å². The molecule has 0 aromatic carbocycles. The Labute approximate surface area is 74.0 Å². The summed E-state index contributed by atoms with van der Waals surface area (Å²) in [6.07, 6.45) is 6.43. The molecule has 2 rings (SSSR count). The van der Waals surface area contributed by atoms with E-state index in [1.54, 1.807) is 0 Å². The summed E-state index contributed by atoms with van der Waals surface area (Å²) in [5.41, 5.74) is 0.0454. The monoisotopic (exact) mass is 164 g/mol. The minimum absolute atomic E-state index is 0.0454. The van der Waals surface area contributed by atoms with Crippen LogP contribution >= 0.6 is 0 Å². The van der Waals surface area contributed by atoms with E-state index in [0.29, 0.717) is 0 Å². The number of hydrogen-bond acceptors (Lipinski definition) is 2. The zero-order chi connectivity index (χ0) is 8.44. The van der Waals surface area contributed by atoms with E-state index < -0.39 is 0 Å². The van der Waals surface area contributed by atoms with Crippen molar-refractivity contribution in [3.63, 3.8) is 0 Å². The van der Waals surface area contributed by atoms with E-state index in [-0.39, 0.29) is 5.41 Å². The average Bonchev–Trinajstić information content (AvgIpc) is 2.76. The second-order valence-corrected chi connectivity index (χ2v) is 4.32. The molecule has 66 valence electrons. The Morgan fingerprint density at radius 1 is 1.42 bits per heavy atom. The fourth-order valence-electron chi connectivity index (χ4n) is 1.69. The molecule has 0 amide bonds. The van der Waals surface area contributed by atoms with Crippen molar-refractivity contribution in [3.8, 4) is 6.07 Å². The van der Waals surface area contributed by atoms with Gasteiger partial charge in [0.2, 0.25) is 0 Å². The predicted molar refractivity (Wildman–Crippen MR) is 47.5 cm³/mol. The molecule has 2 nitrogen and oxygen atoms in total. The van der Waals surface area contributed by atoms with Crippen LogP contribution in [0.4, 0.5) is 0 Å². The van der Waals surface area contributed by atoms with Gasteiger partial charge >= 0.3 is 0 Å². The SMILES string of the molecule is N#CC1(CNCC2CCC2)CC1. The quantitative estimate of drug-likeness (QED) is 0.686. The molecule has 0 aliphatic heterocycles. The van der Waals surface area contributed by atoms with E-state index in [0.717, 1.165) is 31.8 Å². The molecule has 2 heteroatoms. The van der Waals surface area contributed by atoms with E-state index in [1.165, 1.54) is 19.3 Å². The Hall–Kier alpha value is -0.550. The van der Waals surface area contributed by atoms with Crippen LogP contribution in [0.5, 0.6) is 0 Å². The van der Waals surface area contributed by atoms with Gasteiger partial charge in [-0.3, -0.25) is 0 Å². The largest absolute Gasteiger partial charge is 0.315 e. The first kappa shape index (κ1) is 8.07. The molecule has 0 saturated heterocycles. The fraction of sp³-hybridized carbons (Fsp3) is 0.900. The van der Waals surface area contributed by atoms with Crippen molar-refractivity contribution in [1.82, 2.24) is 5.32 Å². The molecule has 12 heavy (non-hydrogen) atoms. The first-order valence-electron chi connectivity index (χ1n) is 4.97. The lowest BCUT2D eigenvalue weighted by Gasteiger charge is -2.25. The van der Waals surface area contributed by atoms with E-state index in [9.17, 15) is 0 Å². The van der Waals surface area contributed by atoms with Gasteiger partial charge < -0.3 is 5.32 Å². The molecule has 2 fully saturated rings. The van der Waals surface area contributed by atoms with Crippen LogP contribution in [-0.4, -0.2) is 13.1 Å². The van der Waals surface area contributed by atoms with Crippen LogP contribution in [0.3, 0.4) is 0 Å². The summed E-state index contributed by atoms with van der Waals surface area (Å²) < 4.78 is 0. The van der Waals surface area contributed by atoms with Crippen molar-refractivity contribution in [2.75, 3.05) is 13.1 Å². The molecule has 0 heterocycles. The van der Waals surface area contributed by atoms with E-state index in [1.807, 2.05) is 0 Å². The molecule has 2 aliphatic rings. The first-order chi connectivity index (χ1) is 5.85. The molecular weight excluding hydrogens is 148 g/mol. The van der Waals surface area contributed by atoms with Crippen molar-refractivity contribution in [2.45, 2.75) is 32.1 Å². The van der Waals surface area contributed by atoms with Gasteiger partial charge in [-0.1, -0.05) is 6.42 Å². The smallest absolute Gasteiger partial charge is 0.0703 e. The second-order valence-electron chi connectivity index (χ2n) is 4.32. The van der Waals surface area contributed by atoms with Crippen LogP contribution in [0.15, 0.2) is 0 Å². The molecule has 0 bridgehead atoms. The fourth-order valence-corrected chi connectivity index (χ4v) is 1.69. The summed E-state index contributed by atoms with van der Waals surface area (Å²) in [6.45, 7) is 2.07. The normalized spacial score (nSPS) is 25.9. The molecular formula is C10H16N2. The third-order valence-corrected chi connectivity index (χ3v) is 3.21. The van der Waals surface area contributed by atoms with Gasteiger partial charge in [0.15, 0.2) is 0 Å². The van der Waals surface area contributed by atoms with Gasteiger partial charge in [0.1, 0.15) is 0 Å². The van der Waals surface area contributed by atoms with Gasteiger partial charge in [-0.2, -0.15) is 5.26 Å². The van der Waals surface area contributed by atoms with Crippen LogP contribution in [0.1, 0.15) is 32.1 Å². The van der Waals surface area contributed by atoms with Crippen LogP contribution in [0, 0.1) is 22.7 Å². The topological polar surface area (TPSA) is 35.8 Å². The molecule has 1 N–H and O–H groups in total. The number of rotatable bonds is 4. The van der Waals surface area contributed by atoms with Crippen molar-refractivity contribution >= 4 is 0 Å². The zero-order valence-electron chi connectivity index (χ0n) is 7.47. The van der Waals surface area contributed by atoms with Crippen molar-refractivity contribution in [2.24, 2.45) is 11.3 Å². The highest BCUT2D eigenvalue weighted by molar-refractivity contribution is 5.10. The highest BCUT2D eigenvalue weighted by atomic mass is 14.9. The molecule has 0 atom stereocenters. The van der Waals surface area contributed by atoms with Crippen molar-refractivity contribution < 1.29 is 0 Å². The Morgan fingerprint density at radius 2 is 2.17 bits per heavy atom. The molecule has 0 aromatic rings. The zero-order valence-corrected chi connectivity index (χ0v) is 7.47. The van der Waals surface area contributed by atoms with E-state index in [2.05, 4.69) is 11.4 Å². The van der Waals surface area contributed by atoms with E-state index in [4.69, 9.17) is 5.26 Å². The number of nitriles is 1. The second kappa shape index (κ2) is 3.06. The van der Waals surface area contributed by atoms with Gasteiger partial charge in [-0.25, -0.2) is 0 Å². The summed E-state index contributed by atoms with van der Waals surface area (Å²) in [5, 5.41) is 12.2. The van der Waals surface area contributed by atoms with Crippen LogP contribution in [0.25, 0.3) is 0 Å². The molecule has 2 saturated carbocycles. The van der Waals surface area contributed by atoms with Crippen molar-refractivity contribution in [1.29, 1.82) is 5.26 Å². The maximum absolute atomic E-state index is 8.80. The minimum atomic E-state index is 0.0454. The maximum Gasteiger partial charge on any atom is 0.0703 e. The Kier molecular flexibility index (Phi) is 2.06. The highest BCUT2D eigenvalue weighted by Gasteiger charge is 2.42. The number of nitrogens with one attached hydrogen (secondary N) is 1. The molecule has 0 spiro atoms. The third kappa shape index (κ3) is 1.61. The lowest BCUT2D eigenvalue weighted by molar-refractivity contribution is 0.297. The van der Waals surface area contributed by atoms with Gasteiger partial charge in [-0.05, 0) is 38.1 Å². The van der Waals surface area contributed by atoms with Gasteiger partial charge in [0, 0.05) is 6.54 Å². The molecule has 0 unspecified atom stereocenters. The Bertz CT molecular complexity index is 196. The molecule has 0 radical (unpaired) electrons. The third-order valence-electron chi connectivity index (χ3n) is 3.21. The van der Waals surface area contributed by atoms with Crippen LogP contribution in [0.2, 0.25) is 0 Å². The van der Waals surface area contributed by atoms with Crippen LogP contribution < -0.4 is 5.32 Å². The summed E-state index contributed by atoms with van der Waals surface area (Å²) in [7, 11) is 0. The Morgan fingerprint density at radius 3 is 2.58 bits per heavy atom. The number of hydrogen-bond donors (Lipinski definition) is 1. The minimum Gasteiger partial charge on any atom is -0.315 e. The first-order valence-corrected chi connectivity index (χ1v) is 4.97. The van der Waals surface area contributed by atoms with Gasteiger partial charge in [0.05, 0.1) is 11.5 Å². The Balaban J connectivity index is 1.59. The van der Waals surface area contributed by atoms with Crippen LogP contribution in [-0.2, 0) is 0 Å². The molecule has 2 aliphatic carbocycles. The van der Waals surface area contributed by atoms with Gasteiger partial charge in [-0.15, -0.1) is 0 Å². The van der Waals surface area contributed by atoms with Gasteiger partial charge in [0.25, 0.3) is 0 Å². The summed E-state index contributed by atoms with van der Waals surface area (Å²) in [5.74, 6) is 0.916. The lowest BCUT2D eigenvalue weighted by Crippen LogP contribution is -2.31. The lowest BCUT2D eigenvalue weighted by atomic mass is 9.85. The summed E-state index contributed by atoms with van der Waals surface area (Å²) in [6, 6.07) is 2.40. The predicted octanol–water partition coefficient (Wildman–Crippen LogP) is 1.68. The van der Waals surface area contributed by atoms with E-state index >= 15 is 0 Å². The maximum atomic E-state index is 8.80. The number of nitrogens with zero attached hydrogens (tertiary/aromatic N) is 1.